The van der Waals surface area contributed by atoms with Crippen molar-refractivity contribution in [2.75, 3.05) is 13.7 Å². The van der Waals surface area contributed by atoms with E-state index in [1.165, 1.54) is 7.11 Å². The first-order valence-electron chi connectivity index (χ1n) is 7.01. The Hall–Kier alpha value is -1.39. The van der Waals surface area contributed by atoms with Gasteiger partial charge in [-0.3, -0.25) is 4.79 Å². The van der Waals surface area contributed by atoms with E-state index in [1.54, 1.807) is 0 Å². The molecule has 1 aromatic rings. The van der Waals surface area contributed by atoms with Crippen LogP contribution in [0.3, 0.4) is 0 Å². The second-order valence-corrected chi connectivity index (χ2v) is 6.02. The number of aliphatic hydroxyl groups is 1. The number of hydrogen-bond donors (Lipinski definition) is 2. The summed E-state index contributed by atoms with van der Waals surface area (Å²) in [6, 6.07) is 9.86. The van der Waals surface area contributed by atoms with Crippen molar-refractivity contribution in [3.63, 3.8) is 0 Å². The van der Waals surface area contributed by atoms with Crippen LogP contribution in [0.25, 0.3) is 0 Å². The largest absolute Gasteiger partial charge is 0.469 e. The molecule has 1 aliphatic rings. The molecular formula is C16H23NO3. The van der Waals surface area contributed by atoms with Gasteiger partial charge >= 0.3 is 5.97 Å². The topological polar surface area (TPSA) is 58.6 Å². The summed E-state index contributed by atoms with van der Waals surface area (Å²) in [7, 11) is 1.41. The van der Waals surface area contributed by atoms with Crippen molar-refractivity contribution in [3.05, 3.63) is 35.9 Å². The van der Waals surface area contributed by atoms with E-state index in [1.807, 2.05) is 44.2 Å². The van der Waals surface area contributed by atoms with Gasteiger partial charge in [-0.2, -0.15) is 0 Å². The molecule has 0 heterocycles. The van der Waals surface area contributed by atoms with Gasteiger partial charge in [0.1, 0.15) is 0 Å². The first-order chi connectivity index (χ1) is 9.46. The zero-order chi connectivity index (χ0) is 14.8. The van der Waals surface area contributed by atoms with Gasteiger partial charge in [0, 0.05) is 18.0 Å². The SMILES string of the molecule is COC(=O)C(CNC1CC(O)C1(C)C)c1ccccc1. The standard InChI is InChI=1S/C16H23NO3/c1-16(2)13(9-14(16)18)17-10-12(15(19)20-3)11-7-5-4-6-8-11/h4-8,12-14,17-18H,9-10H2,1-3H3. The lowest BCUT2D eigenvalue weighted by atomic mass is 9.64. The number of nitrogens with one attached hydrogen (secondary N) is 1. The molecule has 4 nitrogen and oxygen atoms in total. The van der Waals surface area contributed by atoms with Crippen LogP contribution in [0, 0.1) is 5.41 Å². The quantitative estimate of drug-likeness (QED) is 0.804. The lowest BCUT2D eigenvalue weighted by molar-refractivity contribution is -0.142. The summed E-state index contributed by atoms with van der Waals surface area (Å²) in [6.07, 6.45) is 0.462. The maximum absolute atomic E-state index is 11.9. The molecule has 110 valence electrons. The fourth-order valence-corrected chi connectivity index (χ4v) is 2.67. The zero-order valence-corrected chi connectivity index (χ0v) is 12.3. The van der Waals surface area contributed by atoms with Crippen molar-refractivity contribution in [1.29, 1.82) is 0 Å². The first kappa shape index (κ1) is 15.0. The second-order valence-electron chi connectivity index (χ2n) is 6.02. The molecule has 2 rings (SSSR count). The number of carbonyl (C=O) groups excluding carboxylic acids is 1. The summed E-state index contributed by atoms with van der Waals surface area (Å²) in [5, 5.41) is 13.1. The predicted octanol–water partition coefficient (Wildman–Crippen LogP) is 1.69. The Bertz CT molecular complexity index is 458. The molecule has 0 radical (unpaired) electrons. The summed E-state index contributed by atoms with van der Waals surface area (Å²) in [6.45, 7) is 4.60. The number of methoxy groups -OCH3 is 1. The second kappa shape index (κ2) is 5.94. The van der Waals surface area contributed by atoms with Crippen molar-refractivity contribution in [3.8, 4) is 0 Å². The highest BCUT2D eigenvalue weighted by Crippen LogP contribution is 2.40. The fraction of sp³-hybridized carbons (Fsp3) is 0.562. The maximum Gasteiger partial charge on any atom is 0.314 e. The molecule has 2 N–H and O–H groups in total. The Balaban J connectivity index is 2.01. The van der Waals surface area contributed by atoms with Gasteiger partial charge in [-0.25, -0.2) is 0 Å². The number of hydrogen-bond acceptors (Lipinski definition) is 4. The van der Waals surface area contributed by atoms with Gasteiger partial charge in [0.25, 0.3) is 0 Å². The number of esters is 1. The summed E-state index contributed by atoms with van der Waals surface area (Å²) < 4.78 is 4.90. The van der Waals surface area contributed by atoms with Gasteiger partial charge in [-0.1, -0.05) is 44.2 Å². The highest BCUT2D eigenvalue weighted by molar-refractivity contribution is 5.78. The van der Waals surface area contributed by atoms with Crippen molar-refractivity contribution in [2.45, 2.75) is 38.3 Å². The van der Waals surface area contributed by atoms with E-state index in [4.69, 9.17) is 4.74 Å². The Labute approximate surface area is 120 Å². The molecule has 1 fully saturated rings. The smallest absolute Gasteiger partial charge is 0.314 e. The Kier molecular flexibility index (Phi) is 4.45. The predicted molar refractivity (Wildman–Crippen MR) is 77.4 cm³/mol. The van der Waals surface area contributed by atoms with Crippen molar-refractivity contribution >= 4 is 5.97 Å². The van der Waals surface area contributed by atoms with Gasteiger partial charge in [0.05, 0.1) is 19.1 Å². The molecule has 3 atom stereocenters. The summed E-state index contributed by atoms with van der Waals surface area (Å²) in [5.41, 5.74) is 0.807. The van der Waals surface area contributed by atoms with Gasteiger partial charge in [-0.05, 0) is 12.0 Å². The van der Waals surface area contributed by atoms with Crippen LogP contribution in [0.2, 0.25) is 0 Å². The molecule has 1 aliphatic carbocycles. The molecule has 0 bridgehead atoms. The third kappa shape index (κ3) is 2.86. The Morgan fingerprint density at radius 1 is 1.45 bits per heavy atom. The van der Waals surface area contributed by atoms with E-state index in [-0.39, 0.29) is 29.4 Å². The normalized spacial score (nSPS) is 25.6. The molecule has 1 saturated carbocycles. The summed E-state index contributed by atoms with van der Waals surface area (Å²) >= 11 is 0. The molecule has 0 aliphatic heterocycles. The van der Waals surface area contributed by atoms with Crippen LogP contribution in [0.4, 0.5) is 0 Å². The number of ether oxygens (including phenoxy) is 1. The van der Waals surface area contributed by atoms with Crippen molar-refractivity contribution in [2.24, 2.45) is 5.41 Å². The molecule has 0 saturated heterocycles. The molecular weight excluding hydrogens is 254 g/mol. The maximum atomic E-state index is 11.9. The minimum Gasteiger partial charge on any atom is -0.469 e. The van der Waals surface area contributed by atoms with E-state index in [0.29, 0.717) is 6.54 Å². The molecule has 0 amide bonds. The van der Waals surface area contributed by atoms with Crippen molar-refractivity contribution in [1.82, 2.24) is 5.32 Å². The van der Waals surface area contributed by atoms with Crippen LogP contribution in [-0.4, -0.2) is 36.9 Å². The average molecular weight is 277 g/mol. The van der Waals surface area contributed by atoms with Gasteiger partial charge in [0.15, 0.2) is 0 Å². The van der Waals surface area contributed by atoms with Crippen molar-refractivity contribution < 1.29 is 14.6 Å². The minimum atomic E-state index is -0.310. The van der Waals surface area contributed by atoms with E-state index in [9.17, 15) is 9.90 Å². The van der Waals surface area contributed by atoms with Crippen LogP contribution in [0.1, 0.15) is 31.7 Å². The third-order valence-electron chi connectivity index (χ3n) is 4.47. The summed E-state index contributed by atoms with van der Waals surface area (Å²) in [5.74, 6) is -0.545. The lowest BCUT2D eigenvalue weighted by Crippen LogP contribution is -2.60. The zero-order valence-electron chi connectivity index (χ0n) is 12.3. The Morgan fingerprint density at radius 3 is 2.60 bits per heavy atom. The minimum absolute atomic E-state index is 0.142. The first-order valence-corrected chi connectivity index (χ1v) is 7.01. The van der Waals surface area contributed by atoms with Crippen LogP contribution in [0.5, 0.6) is 0 Å². The van der Waals surface area contributed by atoms with Crippen LogP contribution < -0.4 is 5.32 Å². The average Bonchev–Trinajstić information content (AvgIpc) is 2.47. The number of rotatable bonds is 5. The highest BCUT2D eigenvalue weighted by atomic mass is 16.5. The molecule has 3 unspecified atom stereocenters. The monoisotopic (exact) mass is 277 g/mol. The molecule has 1 aromatic carbocycles. The molecule has 0 spiro atoms. The lowest BCUT2D eigenvalue weighted by Gasteiger charge is -2.50. The van der Waals surface area contributed by atoms with Gasteiger partial charge in [-0.15, -0.1) is 0 Å². The number of aliphatic hydroxyl groups excluding tert-OH is 1. The van der Waals surface area contributed by atoms with E-state index in [2.05, 4.69) is 5.32 Å². The van der Waals surface area contributed by atoms with Crippen LogP contribution >= 0.6 is 0 Å². The number of benzene rings is 1. The Morgan fingerprint density at radius 2 is 2.10 bits per heavy atom. The van der Waals surface area contributed by atoms with Crippen LogP contribution in [0.15, 0.2) is 30.3 Å². The molecule has 20 heavy (non-hydrogen) atoms. The number of carbonyl (C=O) groups is 1. The summed E-state index contributed by atoms with van der Waals surface area (Å²) in [4.78, 5) is 11.9. The van der Waals surface area contributed by atoms with E-state index in [0.717, 1.165) is 12.0 Å². The molecule has 0 aromatic heterocycles. The van der Waals surface area contributed by atoms with Gasteiger partial charge in [0.2, 0.25) is 0 Å². The van der Waals surface area contributed by atoms with E-state index < -0.39 is 0 Å². The highest BCUT2D eigenvalue weighted by Gasteiger charge is 2.47. The third-order valence-corrected chi connectivity index (χ3v) is 4.47. The van der Waals surface area contributed by atoms with Crippen LogP contribution in [-0.2, 0) is 9.53 Å². The van der Waals surface area contributed by atoms with E-state index >= 15 is 0 Å². The molecule has 4 heteroatoms. The fourth-order valence-electron chi connectivity index (χ4n) is 2.67. The van der Waals surface area contributed by atoms with Gasteiger partial charge < -0.3 is 15.2 Å².